The number of hydrogen-bond acceptors (Lipinski definition) is 3. The van der Waals surface area contributed by atoms with Gasteiger partial charge in [-0.1, -0.05) is 11.6 Å². The smallest absolute Gasteiger partial charge is 0.354 e. The molecule has 0 fully saturated rings. The monoisotopic (exact) mass is 379 g/mol. The number of benzene rings is 1. The average molecular weight is 380 g/mol. The molecule has 0 spiro atoms. The molecule has 5 nitrogen and oxygen atoms in total. The lowest BCUT2D eigenvalue weighted by molar-refractivity contribution is -0.138. The molecular formula is C16H21ClF3N3O2. The van der Waals surface area contributed by atoms with E-state index in [0.29, 0.717) is 13.1 Å². The summed E-state index contributed by atoms with van der Waals surface area (Å²) in [7, 11) is 3.65. The van der Waals surface area contributed by atoms with E-state index in [9.17, 15) is 22.8 Å². The molecule has 0 aliphatic carbocycles. The number of amides is 2. The second kappa shape index (κ2) is 8.05. The molecule has 0 aliphatic heterocycles. The predicted octanol–water partition coefficient (Wildman–Crippen LogP) is 3.00. The van der Waals surface area contributed by atoms with Gasteiger partial charge in [0.2, 0.25) is 11.8 Å². The molecule has 0 unspecified atom stereocenters. The molecule has 0 atom stereocenters. The van der Waals surface area contributed by atoms with Gasteiger partial charge in [-0.3, -0.25) is 9.59 Å². The first-order valence-electron chi connectivity index (χ1n) is 7.47. The van der Waals surface area contributed by atoms with Crippen LogP contribution in [0.25, 0.3) is 0 Å². The van der Waals surface area contributed by atoms with Crippen LogP contribution >= 0.6 is 11.6 Å². The van der Waals surface area contributed by atoms with E-state index in [-0.39, 0.29) is 5.02 Å². The highest BCUT2D eigenvalue weighted by Crippen LogP contribution is 2.37. The third-order valence-electron chi connectivity index (χ3n) is 3.52. The molecule has 9 heteroatoms. The molecule has 0 radical (unpaired) electrons. The first-order valence-corrected chi connectivity index (χ1v) is 7.84. The van der Waals surface area contributed by atoms with Crippen LogP contribution in [-0.2, 0) is 15.8 Å². The number of carbonyl (C=O) groups is 2. The van der Waals surface area contributed by atoms with Crippen LogP contribution in [0, 0.1) is 5.41 Å². The fourth-order valence-corrected chi connectivity index (χ4v) is 2.03. The third-order valence-corrected chi connectivity index (χ3v) is 3.75. The van der Waals surface area contributed by atoms with E-state index in [1.54, 1.807) is 0 Å². The van der Waals surface area contributed by atoms with E-state index >= 15 is 0 Å². The number of nitrogens with zero attached hydrogens (tertiary/aromatic N) is 1. The molecule has 2 amide bonds. The molecule has 0 heterocycles. The van der Waals surface area contributed by atoms with Gasteiger partial charge in [-0.05, 0) is 46.1 Å². The van der Waals surface area contributed by atoms with Gasteiger partial charge in [0.1, 0.15) is 5.41 Å². The van der Waals surface area contributed by atoms with Crippen LogP contribution in [-0.4, -0.2) is 43.9 Å². The van der Waals surface area contributed by atoms with E-state index in [4.69, 9.17) is 11.6 Å². The number of carbonyl (C=O) groups excluding carboxylic acids is 2. The topological polar surface area (TPSA) is 61.4 Å². The van der Waals surface area contributed by atoms with Crippen LogP contribution in [0.1, 0.15) is 19.4 Å². The zero-order valence-corrected chi connectivity index (χ0v) is 15.2. The number of alkyl halides is 3. The summed E-state index contributed by atoms with van der Waals surface area (Å²) >= 11 is 5.60. The van der Waals surface area contributed by atoms with E-state index in [2.05, 4.69) is 10.6 Å². The zero-order valence-electron chi connectivity index (χ0n) is 14.4. The second-order valence-corrected chi connectivity index (χ2v) is 6.76. The molecular weight excluding hydrogens is 359 g/mol. The van der Waals surface area contributed by atoms with Crippen molar-refractivity contribution in [3.05, 3.63) is 28.8 Å². The summed E-state index contributed by atoms with van der Waals surface area (Å²) in [6, 6.07) is 3.01. The van der Waals surface area contributed by atoms with Crippen molar-refractivity contribution < 1.29 is 22.8 Å². The van der Waals surface area contributed by atoms with Crippen molar-refractivity contribution in [1.82, 2.24) is 10.2 Å². The highest BCUT2D eigenvalue weighted by atomic mass is 35.5. The van der Waals surface area contributed by atoms with Crippen LogP contribution in [0.5, 0.6) is 0 Å². The fraction of sp³-hybridized carbons (Fsp3) is 0.500. The first kappa shape index (κ1) is 21.2. The molecule has 0 aliphatic rings. The summed E-state index contributed by atoms with van der Waals surface area (Å²) in [5.74, 6) is -1.42. The van der Waals surface area contributed by atoms with Gasteiger partial charge in [0.15, 0.2) is 0 Å². The summed E-state index contributed by atoms with van der Waals surface area (Å²) in [6.07, 6.45) is -4.69. The molecule has 1 rings (SSSR count). The largest absolute Gasteiger partial charge is 0.418 e. The van der Waals surface area contributed by atoms with Crippen molar-refractivity contribution >= 4 is 29.1 Å². The lowest BCUT2D eigenvalue weighted by Gasteiger charge is -2.24. The Bertz CT molecular complexity index is 646. The number of hydrogen-bond donors (Lipinski definition) is 2. The normalized spacial score (nSPS) is 12.2. The lowest BCUT2D eigenvalue weighted by Crippen LogP contribution is -2.46. The van der Waals surface area contributed by atoms with Crippen molar-refractivity contribution in [1.29, 1.82) is 0 Å². The summed E-state index contributed by atoms with van der Waals surface area (Å²) in [4.78, 5) is 26.4. The van der Waals surface area contributed by atoms with Gasteiger partial charge in [-0.15, -0.1) is 0 Å². The lowest BCUT2D eigenvalue weighted by atomic mass is 9.90. The van der Waals surface area contributed by atoms with E-state index in [1.807, 2.05) is 19.0 Å². The Morgan fingerprint density at radius 2 is 1.76 bits per heavy atom. The van der Waals surface area contributed by atoms with Gasteiger partial charge in [0.05, 0.1) is 11.3 Å². The Morgan fingerprint density at radius 3 is 2.28 bits per heavy atom. The maximum Gasteiger partial charge on any atom is 0.418 e. The third kappa shape index (κ3) is 5.89. The molecule has 25 heavy (non-hydrogen) atoms. The maximum absolute atomic E-state index is 13.1. The summed E-state index contributed by atoms with van der Waals surface area (Å²) in [5, 5.41) is 4.66. The number of rotatable bonds is 6. The Morgan fingerprint density at radius 1 is 1.16 bits per heavy atom. The highest BCUT2D eigenvalue weighted by Gasteiger charge is 2.39. The molecule has 0 saturated carbocycles. The Kier molecular flexibility index (Phi) is 6.84. The van der Waals surface area contributed by atoms with Crippen LogP contribution in [0.15, 0.2) is 18.2 Å². The molecule has 2 N–H and O–H groups in total. The SMILES string of the molecule is CN(C)CCNC(=O)C(C)(C)C(=O)Nc1ccc(Cl)cc1C(F)(F)F. The molecule has 0 aromatic heterocycles. The number of likely N-dealkylation sites (N-methyl/N-ethyl adjacent to an activating group) is 1. The van der Waals surface area contributed by atoms with Gasteiger partial charge in [-0.2, -0.15) is 13.2 Å². The van der Waals surface area contributed by atoms with Crippen molar-refractivity contribution in [3.63, 3.8) is 0 Å². The summed E-state index contributed by atoms with van der Waals surface area (Å²) in [6.45, 7) is 3.57. The van der Waals surface area contributed by atoms with Crippen LogP contribution in [0.2, 0.25) is 5.02 Å². The summed E-state index contributed by atoms with van der Waals surface area (Å²) in [5.41, 5.74) is -3.07. The minimum Gasteiger partial charge on any atom is -0.354 e. The van der Waals surface area contributed by atoms with E-state index in [1.165, 1.54) is 19.9 Å². The predicted molar refractivity (Wildman–Crippen MR) is 90.4 cm³/mol. The highest BCUT2D eigenvalue weighted by molar-refractivity contribution is 6.30. The Labute approximate surface area is 149 Å². The van der Waals surface area contributed by atoms with Crippen molar-refractivity contribution in [2.45, 2.75) is 20.0 Å². The van der Waals surface area contributed by atoms with Crippen molar-refractivity contribution in [2.24, 2.45) is 5.41 Å². The van der Waals surface area contributed by atoms with Crippen molar-refractivity contribution in [3.8, 4) is 0 Å². The maximum atomic E-state index is 13.1. The Balaban J connectivity index is 2.92. The van der Waals surface area contributed by atoms with Gasteiger partial charge in [0.25, 0.3) is 0 Å². The van der Waals surface area contributed by atoms with Gasteiger partial charge >= 0.3 is 6.18 Å². The van der Waals surface area contributed by atoms with E-state index in [0.717, 1.165) is 12.1 Å². The van der Waals surface area contributed by atoms with Crippen LogP contribution < -0.4 is 10.6 Å². The molecule has 1 aromatic carbocycles. The fourth-order valence-electron chi connectivity index (χ4n) is 1.86. The molecule has 0 saturated heterocycles. The molecule has 140 valence electrons. The molecule has 1 aromatic rings. The van der Waals surface area contributed by atoms with Crippen LogP contribution in [0.4, 0.5) is 18.9 Å². The second-order valence-electron chi connectivity index (χ2n) is 6.33. The number of anilines is 1. The minimum absolute atomic E-state index is 0.106. The number of halogens is 4. The quantitative estimate of drug-likeness (QED) is 0.747. The average Bonchev–Trinajstić information content (AvgIpc) is 2.47. The molecule has 0 bridgehead atoms. The standard InChI is InChI=1S/C16H21ClF3N3O2/c1-15(2,13(24)21-7-8-23(3)4)14(25)22-12-6-5-10(17)9-11(12)16(18,19)20/h5-6,9H,7-8H2,1-4H3,(H,21,24)(H,22,25). The van der Waals surface area contributed by atoms with Gasteiger partial charge < -0.3 is 15.5 Å². The van der Waals surface area contributed by atoms with Crippen LogP contribution in [0.3, 0.4) is 0 Å². The van der Waals surface area contributed by atoms with Crippen molar-refractivity contribution in [2.75, 3.05) is 32.5 Å². The minimum atomic E-state index is -4.69. The first-order chi connectivity index (χ1) is 11.4. The van der Waals surface area contributed by atoms with Gasteiger partial charge in [-0.25, -0.2) is 0 Å². The number of nitrogens with one attached hydrogen (secondary N) is 2. The van der Waals surface area contributed by atoms with E-state index < -0.39 is 34.7 Å². The summed E-state index contributed by atoms with van der Waals surface area (Å²) < 4.78 is 39.2. The van der Waals surface area contributed by atoms with Gasteiger partial charge in [0, 0.05) is 18.1 Å². The Hall–Kier alpha value is -1.80. The zero-order chi connectivity index (χ0) is 19.4.